The summed E-state index contributed by atoms with van der Waals surface area (Å²) in [6, 6.07) is 9.63. The molecular weight excluding hydrogens is 368 g/mol. The molecule has 0 spiro atoms. The summed E-state index contributed by atoms with van der Waals surface area (Å²) < 4.78 is 6.90. The van der Waals surface area contributed by atoms with E-state index in [1.807, 2.05) is 30.3 Å². The van der Waals surface area contributed by atoms with Crippen molar-refractivity contribution in [2.24, 2.45) is 0 Å². The second-order valence-corrected chi connectivity index (χ2v) is 6.86. The highest BCUT2D eigenvalue weighted by molar-refractivity contribution is 6.00. The summed E-state index contributed by atoms with van der Waals surface area (Å²) in [6.45, 7) is 7.75. The molecule has 0 bridgehead atoms. The van der Waals surface area contributed by atoms with Crippen LogP contribution in [0, 0.1) is 0 Å². The second-order valence-electron chi connectivity index (χ2n) is 6.86. The van der Waals surface area contributed by atoms with Gasteiger partial charge in [-0.15, -0.1) is 0 Å². The van der Waals surface area contributed by atoms with Gasteiger partial charge in [0.15, 0.2) is 5.82 Å². The summed E-state index contributed by atoms with van der Waals surface area (Å²) in [6.07, 6.45) is 5.31. The van der Waals surface area contributed by atoms with E-state index in [1.165, 1.54) is 0 Å². The lowest BCUT2D eigenvalue weighted by molar-refractivity contribution is 0.0527. The molecule has 0 aliphatic rings. The van der Waals surface area contributed by atoms with Gasteiger partial charge < -0.3 is 10.1 Å². The molecule has 0 radical (unpaired) electrons. The van der Waals surface area contributed by atoms with Crippen LogP contribution in [0.1, 0.15) is 62.4 Å². The molecule has 0 aliphatic heterocycles. The van der Waals surface area contributed by atoms with Crippen molar-refractivity contribution < 1.29 is 14.3 Å². The third-order valence-corrected chi connectivity index (χ3v) is 4.47. The average Bonchev–Trinajstić information content (AvgIpc) is 3.13. The molecular formula is C22H32N4O3. The summed E-state index contributed by atoms with van der Waals surface area (Å²) in [5, 5.41) is 7.53. The smallest absolute Gasteiger partial charge is 0.343 e. The van der Waals surface area contributed by atoms with Crippen molar-refractivity contribution >= 4 is 17.8 Å². The van der Waals surface area contributed by atoms with E-state index in [1.54, 1.807) is 22.7 Å². The first-order valence-electron chi connectivity index (χ1n) is 10.4. The van der Waals surface area contributed by atoms with Crippen molar-refractivity contribution in [1.29, 1.82) is 0 Å². The second kappa shape index (κ2) is 11.9. The molecule has 7 heteroatoms. The largest absolute Gasteiger partial charge is 0.462 e. The molecule has 0 fully saturated rings. The quantitative estimate of drug-likeness (QED) is 0.452. The van der Waals surface area contributed by atoms with Gasteiger partial charge in [-0.2, -0.15) is 5.10 Å². The Labute approximate surface area is 173 Å². The van der Waals surface area contributed by atoms with Crippen LogP contribution in [0.2, 0.25) is 0 Å². The van der Waals surface area contributed by atoms with Gasteiger partial charge in [0.05, 0.1) is 13.2 Å². The molecule has 158 valence electrons. The molecule has 2 aromatic rings. The minimum atomic E-state index is -0.468. The maximum Gasteiger partial charge on any atom is 0.343 e. The molecule has 2 amide bonds. The van der Waals surface area contributed by atoms with E-state index in [2.05, 4.69) is 24.3 Å². The van der Waals surface area contributed by atoms with Gasteiger partial charge >= 0.3 is 12.0 Å². The Bertz CT molecular complexity index is 774. The highest BCUT2D eigenvalue weighted by atomic mass is 16.5. The average molecular weight is 401 g/mol. The number of carbonyl (C=O) groups is 2. The molecule has 0 unspecified atom stereocenters. The van der Waals surface area contributed by atoms with E-state index in [0.29, 0.717) is 31.0 Å². The molecule has 1 aromatic carbocycles. The van der Waals surface area contributed by atoms with Crippen molar-refractivity contribution in [3.05, 3.63) is 47.7 Å². The van der Waals surface area contributed by atoms with E-state index in [4.69, 9.17) is 4.74 Å². The molecule has 1 aromatic heterocycles. The van der Waals surface area contributed by atoms with E-state index in [9.17, 15) is 9.59 Å². The Balaban J connectivity index is 2.34. The van der Waals surface area contributed by atoms with Crippen LogP contribution in [0.4, 0.5) is 10.6 Å². The van der Waals surface area contributed by atoms with Gasteiger partial charge in [0.2, 0.25) is 0 Å². The Kier molecular flexibility index (Phi) is 9.21. The van der Waals surface area contributed by atoms with Crippen LogP contribution in [0.5, 0.6) is 0 Å². The minimum absolute atomic E-state index is 0.234. The number of unbranched alkanes of at least 4 members (excludes halogenated alkanes) is 2. The zero-order valence-electron chi connectivity index (χ0n) is 17.7. The number of hydrogen-bond acceptors (Lipinski definition) is 4. The first kappa shape index (κ1) is 22.5. The van der Waals surface area contributed by atoms with Gasteiger partial charge in [0.25, 0.3) is 0 Å². The number of amides is 2. The highest BCUT2D eigenvalue weighted by Crippen LogP contribution is 2.21. The molecule has 7 nitrogen and oxygen atoms in total. The third-order valence-electron chi connectivity index (χ3n) is 4.47. The number of carbonyl (C=O) groups excluding carboxylic acids is 2. The van der Waals surface area contributed by atoms with Gasteiger partial charge in [-0.05, 0) is 25.3 Å². The summed E-state index contributed by atoms with van der Waals surface area (Å²) in [7, 11) is 0. The molecule has 0 saturated carbocycles. The Morgan fingerprint density at radius 2 is 1.83 bits per heavy atom. The lowest BCUT2D eigenvalue weighted by atomic mass is 10.2. The van der Waals surface area contributed by atoms with Crippen LogP contribution in [0.15, 0.2) is 36.5 Å². The van der Waals surface area contributed by atoms with Gasteiger partial charge in [0, 0.05) is 19.3 Å². The van der Waals surface area contributed by atoms with Crippen LogP contribution in [-0.4, -0.2) is 41.5 Å². The lowest BCUT2D eigenvalue weighted by Crippen LogP contribution is -2.42. The van der Waals surface area contributed by atoms with E-state index >= 15 is 0 Å². The van der Waals surface area contributed by atoms with Gasteiger partial charge in [-0.3, -0.25) is 9.58 Å². The summed E-state index contributed by atoms with van der Waals surface area (Å²) >= 11 is 0. The molecule has 0 atom stereocenters. The number of rotatable bonds is 11. The highest BCUT2D eigenvalue weighted by Gasteiger charge is 2.26. The molecule has 0 saturated heterocycles. The van der Waals surface area contributed by atoms with Gasteiger partial charge in [-0.25, -0.2) is 9.59 Å². The fraction of sp³-hybridized carbons (Fsp3) is 0.500. The first-order chi connectivity index (χ1) is 14.1. The van der Waals surface area contributed by atoms with Crippen molar-refractivity contribution in [2.75, 3.05) is 24.6 Å². The zero-order valence-corrected chi connectivity index (χ0v) is 17.7. The predicted octanol–water partition coefficient (Wildman–Crippen LogP) is 4.22. The fourth-order valence-corrected chi connectivity index (χ4v) is 2.90. The van der Waals surface area contributed by atoms with E-state index in [-0.39, 0.29) is 12.6 Å². The van der Waals surface area contributed by atoms with Crippen molar-refractivity contribution in [2.45, 2.75) is 53.0 Å². The number of nitrogens with one attached hydrogen (secondary N) is 1. The van der Waals surface area contributed by atoms with Crippen molar-refractivity contribution in [1.82, 2.24) is 15.1 Å². The predicted molar refractivity (Wildman–Crippen MR) is 114 cm³/mol. The number of nitrogens with zero attached hydrogens (tertiary/aromatic N) is 3. The summed E-state index contributed by atoms with van der Waals surface area (Å²) in [5.41, 5.74) is 1.37. The topological polar surface area (TPSA) is 76.5 Å². The van der Waals surface area contributed by atoms with Crippen LogP contribution in [0.3, 0.4) is 0 Å². The number of hydrogen-bond donors (Lipinski definition) is 1. The molecule has 2 rings (SSSR count). The minimum Gasteiger partial charge on any atom is -0.462 e. The van der Waals surface area contributed by atoms with Crippen LogP contribution in [0.25, 0.3) is 0 Å². The summed E-state index contributed by atoms with van der Waals surface area (Å²) in [5.74, 6) is -0.119. The zero-order chi connectivity index (χ0) is 21.1. The number of anilines is 1. The lowest BCUT2D eigenvalue weighted by Gasteiger charge is -2.21. The fourth-order valence-electron chi connectivity index (χ4n) is 2.90. The molecule has 0 aliphatic carbocycles. The Morgan fingerprint density at radius 3 is 2.48 bits per heavy atom. The van der Waals surface area contributed by atoms with Crippen LogP contribution < -0.4 is 10.2 Å². The summed E-state index contributed by atoms with van der Waals surface area (Å²) in [4.78, 5) is 27.0. The number of ether oxygens (including phenoxy) is 1. The molecule has 29 heavy (non-hydrogen) atoms. The maximum atomic E-state index is 12.8. The van der Waals surface area contributed by atoms with Gasteiger partial charge in [-0.1, -0.05) is 57.0 Å². The number of benzene rings is 1. The van der Waals surface area contributed by atoms with E-state index < -0.39 is 5.97 Å². The SMILES string of the molecule is CCCCNC(=O)N(CCCC)c1nn(Cc2ccccc2)cc1C(=O)OCC. The third kappa shape index (κ3) is 6.62. The monoisotopic (exact) mass is 400 g/mol. The number of aromatic nitrogens is 2. The Hall–Kier alpha value is -2.83. The number of esters is 1. The van der Waals surface area contributed by atoms with Gasteiger partial charge in [0.1, 0.15) is 5.56 Å². The maximum absolute atomic E-state index is 12.8. The Morgan fingerprint density at radius 1 is 1.10 bits per heavy atom. The van der Waals surface area contributed by atoms with Crippen LogP contribution >= 0.6 is 0 Å². The molecule has 1 N–H and O–H groups in total. The van der Waals surface area contributed by atoms with Crippen molar-refractivity contribution in [3.63, 3.8) is 0 Å². The van der Waals surface area contributed by atoms with Crippen molar-refractivity contribution in [3.8, 4) is 0 Å². The molecule has 1 heterocycles. The van der Waals surface area contributed by atoms with Crippen LogP contribution in [-0.2, 0) is 11.3 Å². The normalized spacial score (nSPS) is 10.6. The standard InChI is InChI=1S/C22H32N4O3/c1-4-7-14-23-22(28)26(15-8-5-2)20-19(21(27)29-6-3)17-25(24-20)16-18-12-10-9-11-13-18/h9-13,17H,4-8,14-16H2,1-3H3,(H,23,28). The van der Waals surface area contributed by atoms with E-state index in [0.717, 1.165) is 31.2 Å². The first-order valence-corrected chi connectivity index (χ1v) is 10.4. The number of urea groups is 1.